The van der Waals surface area contributed by atoms with Gasteiger partial charge in [-0.05, 0) is 49.8 Å². The molecule has 1 N–H and O–H groups in total. The Morgan fingerprint density at radius 1 is 1.29 bits per heavy atom. The summed E-state index contributed by atoms with van der Waals surface area (Å²) < 4.78 is 4.53. The van der Waals surface area contributed by atoms with Crippen LogP contribution in [0.15, 0.2) is 31.1 Å². The molecule has 0 bridgehead atoms. The van der Waals surface area contributed by atoms with E-state index in [4.69, 9.17) is 0 Å². The summed E-state index contributed by atoms with van der Waals surface area (Å²) in [7, 11) is 0. The largest absolute Gasteiger partial charge is 0.354 e. The number of nitrogens with one attached hydrogen (secondary N) is 1. The van der Waals surface area contributed by atoms with Crippen molar-refractivity contribution in [1.82, 2.24) is 19.4 Å². The number of hydrogen-bond acceptors (Lipinski definition) is 2. The molecule has 0 saturated heterocycles. The predicted octanol–water partition coefficient (Wildman–Crippen LogP) is 3.15. The molecule has 2 aromatic heterocycles. The molecule has 3 rings (SSSR count). The van der Waals surface area contributed by atoms with E-state index in [2.05, 4.69) is 38.8 Å². The van der Waals surface area contributed by atoms with Gasteiger partial charge in [0.2, 0.25) is 0 Å². The van der Waals surface area contributed by atoms with Crippen molar-refractivity contribution in [1.29, 1.82) is 0 Å². The van der Waals surface area contributed by atoms with E-state index < -0.39 is 0 Å². The van der Waals surface area contributed by atoms with Gasteiger partial charge in [0.25, 0.3) is 0 Å². The molecular weight excluding hydrogens is 260 g/mol. The summed E-state index contributed by atoms with van der Waals surface area (Å²) in [6.07, 6.45) is 16.7. The van der Waals surface area contributed by atoms with Crippen molar-refractivity contribution in [2.24, 2.45) is 0 Å². The number of imidazole rings is 1. The Hall–Kier alpha value is -1.55. The zero-order valence-electron chi connectivity index (χ0n) is 13.0. The smallest absolute Gasteiger partial charge is 0.0945 e. The molecular formula is C17H26N4. The molecule has 1 atom stereocenters. The highest BCUT2D eigenvalue weighted by atomic mass is 15.0. The second-order valence-corrected chi connectivity index (χ2v) is 6.03. The molecule has 4 nitrogen and oxygen atoms in total. The minimum Gasteiger partial charge on any atom is -0.354 e. The third-order valence-electron chi connectivity index (χ3n) is 4.34. The minimum atomic E-state index is 0.573. The summed E-state index contributed by atoms with van der Waals surface area (Å²) in [6, 6.07) is 0.573. The van der Waals surface area contributed by atoms with Crippen LogP contribution >= 0.6 is 0 Å². The van der Waals surface area contributed by atoms with Crippen molar-refractivity contribution in [2.75, 3.05) is 6.54 Å². The van der Waals surface area contributed by atoms with Gasteiger partial charge in [0.1, 0.15) is 0 Å². The molecule has 2 heterocycles. The lowest BCUT2D eigenvalue weighted by atomic mass is 9.91. The predicted molar refractivity (Wildman–Crippen MR) is 85.2 cm³/mol. The van der Waals surface area contributed by atoms with Crippen molar-refractivity contribution < 1.29 is 0 Å². The highest BCUT2D eigenvalue weighted by molar-refractivity contribution is 5.30. The number of aromatic nitrogens is 3. The molecule has 0 fully saturated rings. The average Bonchev–Trinajstić information content (AvgIpc) is 3.14. The summed E-state index contributed by atoms with van der Waals surface area (Å²) in [6.45, 7) is 5.49. The maximum Gasteiger partial charge on any atom is 0.0945 e. The second-order valence-electron chi connectivity index (χ2n) is 6.03. The van der Waals surface area contributed by atoms with Gasteiger partial charge in [-0.1, -0.05) is 6.92 Å². The van der Waals surface area contributed by atoms with E-state index >= 15 is 0 Å². The van der Waals surface area contributed by atoms with Crippen LogP contribution in [0.3, 0.4) is 0 Å². The van der Waals surface area contributed by atoms with Crippen LogP contribution in [0.4, 0.5) is 0 Å². The fraction of sp³-hybridized carbons (Fsp3) is 0.588. The number of aryl methyl sites for hydroxylation is 3. The SMILES string of the molecule is CCCNC1CCCc2cn(CCCn3ccnc3)cc21. The van der Waals surface area contributed by atoms with E-state index in [1.54, 1.807) is 5.56 Å². The van der Waals surface area contributed by atoms with Crippen LogP contribution in [0.5, 0.6) is 0 Å². The summed E-state index contributed by atoms with van der Waals surface area (Å²) >= 11 is 0. The van der Waals surface area contributed by atoms with Gasteiger partial charge in [-0.25, -0.2) is 4.98 Å². The maximum atomic E-state index is 4.09. The summed E-state index contributed by atoms with van der Waals surface area (Å²) in [5.41, 5.74) is 3.09. The molecule has 4 heteroatoms. The molecule has 2 aromatic rings. The van der Waals surface area contributed by atoms with Gasteiger partial charge in [0.05, 0.1) is 6.33 Å². The number of rotatable bonds is 7. The van der Waals surface area contributed by atoms with Gasteiger partial charge in [-0.15, -0.1) is 0 Å². The fourth-order valence-corrected chi connectivity index (χ4v) is 3.26. The summed E-state index contributed by atoms with van der Waals surface area (Å²) in [4.78, 5) is 4.09. The van der Waals surface area contributed by atoms with E-state index in [-0.39, 0.29) is 0 Å². The Bertz CT molecular complexity index is 541. The Morgan fingerprint density at radius 2 is 2.19 bits per heavy atom. The first kappa shape index (κ1) is 14.4. The quantitative estimate of drug-likeness (QED) is 0.848. The zero-order valence-corrected chi connectivity index (χ0v) is 13.0. The summed E-state index contributed by atoms with van der Waals surface area (Å²) in [5, 5.41) is 3.69. The lowest BCUT2D eigenvalue weighted by Crippen LogP contribution is -2.24. The van der Waals surface area contributed by atoms with Crippen molar-refractivity contribution in [3.05, 3.63) is 42.2 Å². The Labute approximate surface area is 127 Å². The standard InChI is InChI=1S/C17H26N4/c1-2-7-19-17-6-3-5-15-12-21(13-16(15)17)10-4-9-20-11-8-18-14-20/h8,11-14,17,19H,2-7,9-10H2,1H3. The van der Waals surface area contributed by atoms with E-state index in [9.17, 15) is 0 Å². The van der Waals surface area contributed by atoms with E-state index in [1.165, 1.54) is 31.2 Å². The minimum absolute atomic E-state index is 0.573. The Balaban J connectivity index is 1.58. The number of fused-ring (bicyclic) bond motifs is 1. The van der Waals surface area contributed by atoms with Crippen molar-refractivity contribution in [2.45, 2.75) is 58.2 Å². The van der Waals surface area contributed by atoms with Gasteiger partial charge in [-0.2, -0.15) is 0 Å². The summed E-state index contributed by atoms with van der Waals surface area (Å²) in [5.74, 6) is 0. The van der Waals surface area contributed by atoms with Crippen molar-refractivity contribution >= 4 is 0 Å². The highest BCUT2D eigenvalue weighted by Crippen LogP contribution is 2.30. The van der Waals surface area contributed by atoms with E-state index in [0.717, 1.165) is 26.1 Å². The second kappa shape index (κ2) is 6.94. The lowest BCUT2D eigenvalue weighted by molar-refractivity contribution is 0.461. The van der Waals surface area contributed by atoms with Crippen LogP contribution in [0.2, 0.25) is 0 Å². The third kappa shape index (κ3) is 3.56. The normalized spacial score (nSPS) is 17.9. The average molecular weight is 286 g/mol. The molecule has 1 unspecified atom stereocenters. The zero-order chi connectivity index (χ0) is 14.5. The van der Waals surface area contributed by atoms with Gasteiger partial charge < -0.3 is 14.5 Å². The number of hydrogen-bond donors (Lipinski definition) is 1. The van der Waals surface area contributed by atoms with Crippen molar-refractivity contribution in [3.8, 4) is 0 Å². The Morgan fingerprint density at radius 3 is 3.00 bits per heavy atom. The monoisotopic (exact) mass is 286 g/mol. The third-order valence-corrected chi connectivity index (χ3v) is 4.34. The molecule has 1 aliphatic rings. The van der Waals surface area contributed by atoms with Crippen molar-refractivity contribution in [3.63, 3.8) is 0 Å². The van der Waals surface area contributed by atoms with Gasteiger partial charge in [0.15, 0.2) is 0 Å². The molecule has 1 aliphatic carbocycles. The number of nitrogens with zero attached hydrogens (tertiary/aromatic N) is 3. The van der Waals surface area contributed by atoms with E-state index in [0.29, 0.717) is 6.04 Å². The van der Waals surface area contributed by atoms with Crippen LogP contribution in [-0.2, 0) is 19.5 Å². The van der Waals surface area contributed by atoms with Crippen LogP contribution in [0, 0.1) is 0 Å². The van der Waals surface area contributed by atoms with Gasteiger partial charge >= 0.3 is 0 Å². The molecule has 21 heavy (non-hydrogen) atoms. The molecule has 0 saturated carbocycles. The molecule has 0 radical (unpaired) electrons. The first-order valence-corrected chi connectivity index (χ1v) is 8.24. The lowest BCUT2D eigenvalue weighted by Gasteiger charge is -2.23. The van der Waals surface area contributed by atoms with Gasteiger partial charge in [0, 0.05) is 43.9 Å². The maximum absolute atomic E-state index is 4.09. The van der Waals surface area contributed by atoms with Gasteiger partial charge in [-0.3, -0.25) is 0 Å². The molecule has 114 valence electrons. The highest BCUT2D eigenvalue weighted by Gasteiger charge is 2.21. The topological polar surface area (TPSA) is 34.8 Å². The van der Waals surface area contributed by atoms with Crippen LogP contribution in [-0.4, -0.2) is 20.7 Å². The molecule has 0 spiro atoms. The van der Waals surface area contributed by atoms with E-state index in [1.807, 2.05) is 18.7 Å². The van der Waals surface area contributed by atoms with Crippen LogP contribution in [0.1, 0.15) is 49.8 Å². The molecule has 0 amide bonds. The fourth-order valence-electron chi connectivity index (χ4n) is 3.26. The molecule has 0 aromatic carbocycles. The Kier molecular flexibility index (Phi) is 4.76. The van der Waals surface area contributed by atoms with Crippen LogP contribution in [0.25, 0.3) is 0 Å². The van der Waals surface area contributed by atoms with Crippen LogP contribution < -0.4 is 5.32 Å². The molecule has 0 aliphatic heterocycles. The first-order chi connectivity index (χ1) is 10.4. The first-order valence-electron chi connectivity index (χ1n) is 8.24.